The minimum atomic E-state index is -0.568. The Hall–Kier alpha value is -1.14. The zero-order valence-corrected chi connectivity index (χ0v) is 11.0. The van der Waals surface area contributed by atoms with Crippen LogP contribution in [0.15, 0.2) is 16.6 Å². The van der Waals surface area contributed by atoms with Crippen LogP contribution in [-0.4, -0.2) is 16.6 Å². The smallest absolute Gasteiger partial charge is 0.312 e. The summed E-state index contributed by atoms with van der Waals surface area (Å²) in [4.78, 5) is 10.3. The average Bonchev–Trinajstić information content (AvgIpc) is 2.69. The van der Waals surface area contributed by atoms with Gasteiger partial charge in [-0.1, -0.05) is 0 Å². The van der Waals surface area contributed by atoms with E-state index in [1.165, 1.54) is 6.07 Å². The van der Waals surface area contributed by atoms with Crippen molar-refractivity contribution in [3.05, 3.63) is 32.3 Å². The topological polar surface area (TPSA) is 75.4 Å². The maximum absolute atomic E-state index is 10.8. The first kappa shape index (κ1) is 12.3. The summed E-state index contributed by atoms with van der Waals surface area (Å²) in [6, 6.07) is 3.18. The molecule has 1 atom stereocenters. The van der Waals surface area contributed by atoms with Crippen LogP contribution in [0.2, 0.25) is 0 Å². The Bertz CT molecular complexity index is 470. The van der Waals surface area contributed by atoms with Crippen LogP contribution in [-0.2, 0) is 5.54 Å². The van der Waals surface area contributed by atoms with Gasteiger partial charge in [-0.25, -0.2) is 0 Å². The lowest BCUT2D eigenvalue weighted by Gasteiger charge is -2.25. The SMILES string of the molecule is CC1(c2cc(Br)c(O)c([N+](=O)[O-])c2)CCCN1. The van der Waals surface area contributed by atoms with Crippen LogP contribution in [0, 0.1) is 10.1 Å². The zero-order chi connectivity index (χ0) is 12.6. The molecule has 1 aliphatic rings. The quantitative estimate of drug-likeness (QED) is 0.650. The van der Waals surface area contributed by atoms with Crippen molar-refractivity contribution in [1.29, 1.82) is 0 Å². The van der Waals surface area contributed by atoms with Gasteiger partial charge in [0.15, 0.2) is 0 Å². The highest BCUT2D eigenvalue weighted by Crippen LogP contribution is 2.40. The second kappa shape index (κ2) is 4.27. The van der Waals surface area contributed by atoms with E-state index in [1.54, 1.807) is 6.07 Å². The maximum Gasteiger partial charge on any atom is 0.312 e. The zero-order valence-electron chi connectivity index (χ0n) is 9.36. The van der Waals surface area contributed by atoms with E-state index in [0.717, 1.165) is 24.9 Å². The maximum atomic E-state index is 10.8. The number of phenols is 1. The van der Waals surface area contributed by atoms with E-state index in [2.05, 4.69) is 21.2 Å². The van der Waals surface area contributed by atoms with E-state index in [4.69, 9.17) is 0 Å². The van der Waals surface area contributed by atoms with E-state index in [1.807, 2.05) is 6.92 Å². The molecule has 0 radical (unpaired) electrons. The van der Waals surface area contributed by atoms with Crippen molar-refractivity contribution < 1.29 is 10.0 Å². The Morgan fingerprint density at radius 3 is 2.82 bits per heavy atom. The van der Waals surface area contributed by atoms with Crippen molar-refractivity contribution >= 4 is 21.6 Å². The summed E-state index contributed by atoms with van der Waals surface area (Å²) in [6.45, 7) is 2.92. The van der Waals surface area contributed by atoms with Gasteiger partial charge in [0.2, 0.25) is 5.75 Å². The van der Waals surface area contributed by atoms with E-state index < -0.39 is 4.92 Å². The summed E-state index contributed by atoms with van der Waals surface area (Å²) in [6.07, 6.45) is 1.98. The third-order valence-corrected chi connectivity index (χ3v) is 3.85. The lowest BCUT2D eigenvalue weighted by Crippen LogP contribution is -2.33. The minimum absolute atomic E-state index is 0.249. The number of nitrogens with one attached hydrogen (secondary N) is 1. The van der Waals surface area contributed by atoms with Crippen LogP contribution in [0.3, 0.4) is 0 Å². The number of halogens is 1. The number of nitro benzene ring substituents is 1. The Balaban J connectivity index is 2.52. The van der Waals surface area contributed by atoms with Crippen molar-refractivity contribution in [2.24, 2.45) is 0 Å². The molecule has 1 unspecified atom stereocenters. The minimum Gasteiger partial charge on any atom is -0.501 e. The fourth-order valence-corrected chi connectivity index (χ4v) is 2.63. The van der Waals surface area contributed by atoms with Crippen LogP contribution in [0.25, 0.3) is 0 Å². The number of aromatic hydroxyl groups is 1. The molecule has 2 N–H and O–H groups in total. The van der Waals surface area contributed by atoms with Gasteiger partial charge in [-0.05, 0) is 53.9 Å². The van der Waals surface area contributed by atoms with Crippen LogP contribution < -0.4 is 5.32 Å². The Labute approximate surface area is 107 Å². The molecule has 5 nitrogen and oxygen atoms in total. The molecule has 0 bridgehead atoms. The summed E-state index contributed by atoms with van der Waals surface area (Å²) in [5, 5.41) is 23.8. The van der Waals surface area contributed by atoms with Gasteiger partial charge in [-0.2, -0.15) is 0 Å². The standard InChI is InChI=1S/C11H13BrN2O3/c1-11(3-2-4-13-11)7-5-8(12)10(15)9(6-7)14(16)17/h5-6,13,15H,2-4H2,1H3. The number of nitro groups is 1. The van der Waals surface area contributed by atoms with Crippen LogP contribution in [0.5, 0.6) is 5.75 Å². The third-order valence-electron chi connectivity index (χ3n) is 3.25. The van der Waals surface area contributed by atoms with Gasteiger partial charge >= 0.3 is 5.69 Å². The Morgan fingerprint density at radius 1 is 1.59 bits per heavy atom. The van der Waals surface area contributed by atoms with Gasteiger partial charge in [-0.3, -0.25) is 10.1 Å². The molecule has 0 saturated carbocycles. The molecule has 1 saturated heterocycles. The lowest BCUT2D eigenvalue weighted by molar-refractivity contribution is -0.386. The predicted octanol–water partition coefficient (Wildman–Crippen LogP) is 2.66. The molecular weight excluding hydrogens is 288 g/mol. The van der Waals surface area contributed by atoms with Gasteiger partial charge in [0.05, 0.1) is 9.40 Å². The largest absolute Gasteiger partial charge is 0.501 e. The number of hydrogen-bond donors (Lipinski definition) is 2. The summed E-state index contributed by atoms with van der Waals surface area (Å²) >= 11 is 3.15. The number of nitrogens with zero attached hydrogens (tertiary/aromatic N) is 1. The van der Waals surface area contributed by atoms with Crippen molar-refractivity contribution in [2.75, 3.05) is 6.54 Å². The molecule has 1 fully saturated rings. The molecular formula is C11H13BrN2O3. The molecule has 0 aromatic heterocycles. The van der Waals surface area contributed by atoms with Gasteiger partial charge in [0.1, 0.15) is 0 Å². The fraction of sp³-hybridized carbons (Fsp3) is 0.455. The van der Waals surface area contributed by atoms with Crippen molar-refractivity contribution in [2.45, 2.75) is 25.3 Å². The molecule has 6 heteroatoms. The third kappa shape index (κ3) is 2.14. The first-order valence-corrected chi connectivity index (χ1v) is 6.16. The van der Waals surface area contributed by atoms with E-state index in [-0.39, 0.29) is 17.0 Å². The van der Waals surface area contributed by atoms with Gasteiger partial charge in [0, 0.05) is 11.6 Å². The predicted molar refractivity (Wildman–Crippen MR) is 67.0 cm³/mol. The molecule has 92 valence electrons. The summed E-state index contributed by atoms with van der Waals surface area (Å²) in [5.41, 5.74) is 0.316. The van der Waals surface area contributed by atoms with Crippen molar-refractivity contribution in [3.8, 4) is 5.75 Å². The molecule has 2 rings (SSSR count). The highest BCUT2D eigenvalue weighted by molar-refractivity contribution is 9.10. The molecule has 1 aromatic rings. The number of benzene rings is 1. The summed E-state index contributed by atoms with van der Waals surface area (Å²) < 4.78 is 0.358. The van der Waals surface area contributed by atoms with Gasteiger partial charge < -0.3 is 10.4 Å². The Morgan fingerprint density at radius 2 is 2.29 bits per heavy atom. The molecule has 1 aromatic carbocycles. The molecule has 0 amide bonds. The van der Waals surface area contributed by atoms with E-state index in [0.29, 0.717) is 4.47 Å². The van der Waals surface area contributed by atoms with Gasteiger partial charge in [-0.15, -0.1) is 0 Å². The summed E-state index contributed by atoms with van der Waals surface area (Å²) in [5.74, 6) is -0.319. The Kier molecular flexibility index (Phi) is 3.09. The molecule has 0 spiro atoms. The normalized spacial score (nSPS) is 23.9. The lowest BCUT2D eigenvalue weighted by atomic mass is 9.90. The average molecular weight is 301 g/mol. The number of hydrogen-bond acceptors (Lipinski definition) is 4. The highest BCUT2D eigenvalue weighted by Gasteiger charge is 2.32. The van der Waals surface area contributed by atoms with Crippen LogP contribution in [0.1, 0.15) is 25.3 Å². The van der Waals surface area contributed by atoms with Crippen LogP contribution >= 0.6 is 15.9 Å². The second-order valence-electron chi connectivity index (χ2n) is 4.45. The van der Waals surface area contributed by atoms with Crippen molar-refractivity contribution in [3.63, 3.8) is 0 Å². The highest BCUT2D eigenvalue weighted by atomic mass is 79.9. The fourth-order valence-electron chi connectivity index (χ4n) is 2.18. The molecule has 0 aliphatic carbocycles. The molecule has 17 heavy (non-hydrogen) atoms. The van der Waals surface area contributed by atoms with Gasteiger partial charge in [0.25, 0.3) is 0 Å². The summed E-state index contributed by atoms with van der Waals surface area (Å²) in [7, 11) is 0. The van der Waals surface area contributed by atoms with E-state index in [9.17, 15) is 15.2 Å². The first-order valence-electron chi connectivity index (χ1n) is 5.36. The van der Waals surface area contributed by atoms with E-state index >= 15 is 0 Å². The number of rotatable bonds is 2. The van der Waals surface area contributed by atoms with Crippen molar-refractivity contribution in [1.82, 2.24) is 5.32 Å². The monoisotopic (exact) mass is 300 g/mol. The first-order chi connectivity index (χ1) is 7.94. The molecule has 1 aliphatic heterocycles. The number of phenolic OH excluding ortho intramolecular Hbond substituents is 1. The van der Waals surface area contributed by atoms with Crippen LogP contribution in [0.4, 0.5) is 5.69 Å². The second-order valence-corrected chi connectivity index (χ2v) is 5.30. The molecule has 1 heterocycles.